The van der Waals surface area contributed by atoms with E-state index in [0.29, 0.717) is 12.4 Å². The van der Waals surface area contributed by atoms with Crippen LogP contribution >= 0.6 is 11.3 Å². The van der Waals surface area contributed by atoms with Crippen molar-refractivity contribution in [2.24, 2.45) is 4.99 Å². The van der Waals surface area contributed by atoms with E-state index < -0.39 is 0 Å². The van der Waals surface area contributed by atoms with E-state index in [4.69, 9.17) is 4.42 Å². The van der Waals surface area contributed by atoms with Crippen LogP contribution in [0.4, 0.5) is 5.69 Å². The summed E-state index contributed by atoms with van der Waals surface area (Å²) in [6, 6.07) is 12.9. The van der Waals surface area contributed by atoms with Gasteiger partial charge in [0.1, 0.15) is 6.26 Å². The van der Waals surface area contributed by atoms with Crippen LogP contribution in [0.5, 0.6) is 0 Å². The fourth-order valence-electron chi connectivity index (χ4n) is 3.53. The lowest BCUT2D eigenvalue weighted by atomic mass is 10.1. The highest BCUT2D eigenvalue weighted by molar-refractivity contribution is 7.13. The molecule has 0 aliphatic carbocycles. The van der Waals surface area contributed by atoms with Crippen molar-refractivity contribution in [3.63, 3.8) is 0 Å². The molecule has 152 valence electrons. The van der Waals surface area contributed by atoms with E-state index in [1.807, 2.05) is 17.5 Å². The molecule has 0 spiro atoms. The zero-order valence-electron chi connectivity index (χ0n) is 16.9. The van der Waals surface area contributed by atoms with Crippen molar-refractivity contribution in [1.29, 1.82) is 0 Å². The number of nitrogens with one attached hydrogen (secondary N) is 2. The molecule has 4 rings (SSSR count). The molecule has 1 aliphatic rings. The number of aromatic nitrogens is 1. The Hall–Kier alpha value is -2.80. The molecule has 3 heterocycles. The lowest BCUT2D eigenvalue weighted by molar-refractivity contribution is 0.573. The molecule has 1 aliphatic heterocycles. The van der Waals surface area contributed by atoms with Gasteiger partial charge in [-0.05, 0) is 48.9 Å². The van der Waals surface area contributed by atoms with Gasteiger partial charge in [-0.25, -0.2) is 4.98 Å². The Morgan fingerprint density at radius 1 is 1.28 bits per heavy atom. The molecular formula is C22H27N5OS. The molecule has 7 heteroatoms. The summed E-state index contributed by atoms with van der Waals surface area (Å²) in [5, 5.41) is 8.81. The van der Waals surface area contributed by atoms with Gasteiger partial charge in [-0.1, -0.05) is 18.2 Å². The maximum absolute atomic E-state index is 5.58. The van der Waals surface area contributed by atoms with Gasteiger partial charge in [0.15, 0.2) is 5.96 Å². The van der Waals surface area contributed by atoms with Crippen LogP contribution in [0.1, 0.15) is 37.1 Å². The van der Waals surface area contributed by atoms with Gasteiger partial charge >= 0.3 is 0 Å². The first kappa shape index (κ1) is 19.5. The van der Waals surface area contributed by atoms with E-state index in [1.165, 1.54) is 24.1 Å². The summed E-state index contributed by atoms with van der Waals surface area (Å²) in [6.45, 7) is 5.01. The number of benzene rings is 1. The quantitative estimate of drug-likeness (QED) is 0.466. The lowest BCUT2D eigenvalue weighted by Crippen LogP contribution is -2.38. The second-order valence-electron chi connectivity index (χ2n) is 7.20. The second kappa shape index (κ2) is 9.13. The Bertz CT molecular complexity index is 944. The molecular weight excluding hydrogens is 382 g/mol. The fourth-order valence-corrected chi connectivity index (χ4v) is 4.18. The van der Waals surface area contributed by atoms with E-state index in [-0.39, 0.29) is 6.04 Å². The maximum atomic E-state index is 5.58. The third kappa shape index (κ3) is 4.79. The van der Waals surface area contributed by atoms with Crippen LogP contribution in [0, 0.1) is 0 Å². The molecule has 1 atom stereocenters. The average Bonchev–Trinajstić information content (AvgIpc) is 3.52. The molecule has 2 aromatic heterocycles. The van der Waals surface area contributed by atoms with Crippen LogP contribution in [0.3, 0.4) is 0 Å². The molecule has 1 saturated heterocycles. The molecule has 0 saturated carbocycles. The molecule has 1 unspecified atom stereocenters. The standard InChI is InChI=1S/C22H27N5OS/c1-16(17-7-5-8-19(13-17)27-10-3-4-11-27)25-22(23-2)24-14-18-15-28-21(26-18)20-9-6-12-29-20/h5-9,12-13,15-16H,3-4,10-11,14H2,1-2H3,(H2,23,24,25). The normalized spacial score (nSPS) is 15.5. The molecule has 2 N–H and O–H groups in total. The van der Waals surface area contributed by atoms with Crippen molar-refractivity contribution in [3.8, 4) is 10.8 Å². The van der Waals surface area contributed by atoms with E-state index in [2.05, 4.69) is 56.7 Å². The number of thiophene rings is 1. The van der Waals surface area contributed by atoms with Gasteiger partial charge < -0.3 is 20.0 Å². The highest BCUT2D eigenvalue weighted by Gasteiger charge is 2.15. The summed E-state index contributed by atoms with van der Waals surface area (Å²) in [4.78, 5) is 12.4. The fraction of sp³-hybridized carbons (Fsp3) is 0.364. The number of aliphatic imine (C=N–C) groups is 1. The molecule has 0 amide bonds. The number of oxazole rings is 1. The van der Waals surface area contributed by atoms with Gasteiger partial charge in [0.05, 0.1) is 23.2 Å². The smallest absolute Gasteiger partial charge is 0.236 e. The minimum absolute atomic E-state index is 0.141. The van der Waals surface area contributed by atoms with E-state index in [9.17, 15) is 0 Å². The molecule has 3 aromatic rings. The monoisotopic (exact) mass is 409 g/mol. The topological polar surface area (TPSA) is 65.7 Å². The second-order valence-corrected chi connectivity index (χ2v) is 8.15. The zero-order chi connectivity index (χ0) is 20.1. The minimum atomic E-state index is 0.141. The van der Waals surface area contributed by atoms with Crippen LogP contribution < -0.4 is 15.5 Å². The Labute approximate surface area is 175 Å². The van der Waals surface area contributed by atoms with Crippen LogP contribution in [-0.4, -0.2) is 31.1 Å². The number of nitrogens with zero attached hydrogens (tertiary/aromatic N) is 3. The van der Waals surface area contributed by atoms with Crippen LogP contribution in [0.25, 0.3) is 10.8 Å². The first-order valence-electron chi connectivity index (χ1n) is 10.0. The lowest BCUT2D eigenvalue weighted by Gasteiger charge is -2.22. The van der Waals surface area contributed by atoms with Crippen molar-refractivity contribution in [3.05, 3.63) is 59.3 Å². The van der Waals surface area contributed by atoms with Gasteiger partial charge in [0.2, 0.25) is 5.89 Å². The largest absolute Gasteiger partial charge is 0.443 e. The predicted octanol–water partition coefficient (Wildman–Crippen LogP) is 4.43. The molecule has 29 heavy (non-hydrogen) atoms. The first-order valence-corrected chi connectivity index (χ1v) is 10.9. The minimum Gasteiger partial charge on any atom is -0.443 e. The molecule has 1 fully saturated rings. The van der Waals surface area contributed by atoms with Crippen LogP contribution in [-0.2, 0) is 6.54 Å². The highest BCUT2D eigenvalue weighted by atomic mass is 32.1. The van der Waals surface area contributed by atoms with E-state index in [0.717, 1.165) is 29.6 Å². The SMILES string of the molecule is CN=C(NCc1coc(-c2cccs2)n1)NC(C)c1cccc(N2CCCC2)c1. The van der Waals surface area contributed by atoms with Gasteiger partial charge in [0.25, 0.3) is 0 Å². The third-order valence-corrected chi connectivity index (χ3v) is 6.00. The molecule has 0 radical (unpaired) electrons. The van der Waals surface area contributed by atoms with Crippen molar-refractivity contribution in [2.45, 2.75) is 32.4 Å². The Morgan fingerprint density at radius 3 is 2.90 bits per heavy atom. The van der Waals surface area contributed by atoms with E-state index in [1.54, 1.807) is 24.6 Å². The van der Waals surface area contributed by atoms with Gasteiger partial charge in [-0.2, -0.15) is 0 Å². The number of anilines is 1. The summed E-state index contributed by atoms with van der Waals surface area (Å²) in [7, 11) is 1.78. The maximum Gasteiger partial charge on any atom is 0.236 e. The average molecular weight is 410 g/mol. The summed E-state index contributed by atoms with van der Waals surface area (Å²) in [5.74, 6) is 1.40. The summed E-state index contributed by atoms with van der Waals surface area (Å²) < 4.78 is 5.58. The number of rotatable bonds is 6. The Balaban J connectivity index is 1.35. The molecule has 6 nitrogen and oxygen atoms in total. The highest BCUT2D eigenvalue weighted by Crippen LogP contribution is 2.25. The summed E-state index contributed by atoms with van der Waals surface area (Å²) >= 11 is 1.62. The number of guanidine groups is 1. The number of hydrogen-bond acceptors (Lipinski definition) is 5. The van der Waals surface area contributed by atoms with Gasteiger partial charge in [-0.3, -0.25) is 4.99 Å². The first-order chi connectivity index (χ1) is 14.2. The van der Waals surface area contributed by atoms with Crippen LogP contribution in [0.2, 0.25) is 0 Å². The van der Waals surface area contributed by atoms with Crippen molar-refractivity contribution >= 4 is 23.0 Å². The Morgan fingerprint density at radius 2 is 2.14 bits per heavy atom. The summed E-state index contributed by atoms with van der Waals surface area (Å²) in [5.41, 5.74) is 3.40. The summed E-state index contributed by atoms with van der Waals surface area (Å²) in [6.07, 6.45) is 4.26. The predicted molar refractivity (Wildman–Crippen MR) is 119 cm³/mol. The Kier molecular flexibility index (Phi) is 6.14. The van der Waals surface area contributed by atoms with Crippen LogP contribution in [0.15, 0.2) is 57.5 Å². The molecule has 1 aromatic carbocycles. The number of hydrogen-bond donors (Lipinski definition) is 2. The third-order valence-electron chi connectivity index (χ3n) is 5.14. The zero-order valence-corrected chi connectivity index (χ0v) is 17.7. The molecule has 0 bridgehead atoms. The van der Waals surface area contributed by atoms with E-state index >= 15 is 0 Å². The van der Waals surface area contributed by atoms with Crippen molar-refractivity contribution in [1.82, 2.24) is 15.6 Å². The van der Waals surface area contributed by atoms with Gasteiger partial charge in [-0.15, -0.1) is 11.3 Å². The van der Waals surface area contributed by atoms with Crippen molar-refractivity contribution in [2.75, 3.05) is 25.0 Å². The van der Waals surface area contributed by atoms with Gasteiger partial charge in [0, 0.05) is 25.8 Å². The van der Waals surface area contributed by atoms with Crippen molar-refractivity contribution < 1.29 is 4.42 Å².